The van der Waals surface area contributed by atoms with E-state index in [1.54, 1.807) is 48.5 Å². The Kier molecular flexibility index (Phi) is 6.41. The zero-order valence-electron chi connectivity index (χ0n) is 14.2. The second kappa shape index (κ2) is 8.96. The molecule has 1 heterocycles. The lowest BCUT2D eigenvalue weighted by atomic mass is 10.1. The molecule has 0 amide bonds. The van der Waals surface area contributed by atoms with E-state index in [-0.39, 0.29) is 18.5 Å². The zero-order chi connectivity index (χ0) is 18.4. The SMILES string of the molecule is O=C(COC(=O)c1ccc(OC[C@@H]2CCCO2)cc1)c1ccc(Br)cc1. The molecule has 26 heavy (non-hydrogen) atoms. The third-order valence-corrected chi connectivity index (χ3v) is 4.58. The normalized spacial score (nSPS) is 16.3. The monoisotopic (exact) mass is 418 g/mol. The first-order valence-electron chi connectivity index (χ1n) is 8.42. The minimum atomic E-state index is -0.541. The Bertz CT molecular complexity index is 749. The van der Waals surface area contributed by atoms with Gasteiger partial charge in [0.2, 0.25) is 0 Å². The topological polar surface area (TPSA) is 61.8 Å². The highest BCUT2D eigenvalue weighted by molar-refractivity contribution is 9.10. The second-order valence-electron chi connectivity index (χ2n) is 5.98. The maximum atomic E-state index is 12.1. The van der Waals surface area contributed by atoms with E-state index in [0.717, 1.165) is 23.9 Å². The van der Waals surface area contributed by atoms with Crippen LogP contribution in [0, 0.1) is 0 Å². The van der Waals surface area contributed by atoms with Gasteiger partial charge in [-0.05, 0) is 49.2 Å². The van der Waals surface area contributed by atoms with Crippen LogP contribution < -0.4 is 4.74 Å². The molecule has 0 bridgehead atoms. The molecule has 0 N–H and O–H groups in total. The summed E-state index contributed by atoms with van der Waals surface area (Å²) in [6.45, 7) is 1.00. The molecule has 1 fully saturated rings. The zero-order valence-corrected chi connectivity index (χ0v) is 15.7. The molecule has 5 nitrogen and oxygen atoms in total. The summed E-state index contributed by atoms with van der Waals surface area (Å²) in [4.78, 5) is 24.1. The lowest BCUT2D eigenvalue weighted by molar-refractivity contribution is 0.0474. The van der Waals surface area contributed by atoms with Crippen LogP contribution in [-0.4, -0.2) is 37.7 Å². The minimum absolute atomic E-state index is 0.143. The Balaban J connectivity index is 1.48. The fourth-order valence-electron chi connectivity index (χ4n) is 2.59. The van der Waals surface area contributed by atoms with Crippen LogP contribution in [0.1, 0.15) is 33.6 Å². The van der Waals surface area contributed by atoms with Crippen molar-refractivity contribution in [3.63, 3.8) is 0 Å². The quantitative estimate of drug-likeness (QED) is 0.501. The van der Waals surface area contributed by atoms with E-state index in [2.05, 4.69) is 15.9 Å². The number of rotatable bonds is 7. The van der Waals surface area contributed by atoms with Crippen LogP contribution in [0.25, 0.3) is 0 Å². The number of esters is 1. The first-order valence-corrected chi connectivity index (χ1v) is 9.21. The van der Waals surface area contributed by atoms with Crippen molar-refractivity contribution in [1.29, 1.82) is 0 Å². The van der Waals surface area contributed by atoms with Crippen LogP contribution in [0.5, 0.6) is 5.75 Å². The van der Waals surface area contributed by atoms with Gasteiger partial charge in [-0.25, -0.2) is 4.79 Å². The summed E-state index contributed by atoms with van der Waals surface area (Å²) in [5.74, 6) is -0.119. The molecule has 136 valence electrons. The number of Topliss-reactive ketones (excluding diaryl/α,β-unsaturated/α-hetero) is 1. The average Bonchev–Trinajstić information content (AvgIpc) is 3.19. The summed E-state index contributed by atoms with van der Waals surface area (Å²) >= 11 is 3.31. The first-order chi connectivity index (χ1) is 12.6. The number of hydrogen-bond acceptors (Lipinski definition) is 5. The standard InChI is InChI=1S/C20H19BrO5/c21-16-7-3-14(4-8-16)19(22)13-26-20(23)15-5-9-17(10-6-15)25-12-18-2-1-11-24-18/h3-10,18H,1-2,11-13H2/t18-/m0/s1. The van der Waals surface area contributed by atoms with Gasteiger partial charge in [0.1, 0.15) is 12.4 Å². The molecular formula is C20H19BrO5. The Morgan fingerprint density at radius 3 is 2.38 bits per heavy atom. The van der Waals surface area contributed by atoms with Gasteiger partial charge in [-0.3, -0.25) is 4.79 Å². The molecule has 3 rings (SSSR count). The summed E-state index contributed by atoms with van der Waals surface area (Å²) in [6, 6.07) is 13.6. The predicted molar refractivity (Wildman–Crippen MR) is 99.7 cm³/mol. The molecule has 0 saturated carbocycles. The summed E-state index contributed by atoms with van der Waals surface area (Å²) in [5.41, 5.74) is 0.872. The second-order valence-corrected chi connectivity index (χ2v) is 6.89. The molecule has 2 aromatic carbocycles. The molecule has 1 aliphatic heterocycles. The van der Waals surface area contributed by atoms with Gasteiger partial charge in [0.05, 0.1) is 11.7 Å². The van der Waals surface area contributed by atoms with Gasteiger partial charge in [0.15, 0.2) is 12.4 Å². The van der Waals surface area contributed by atoms with Crippen molar-refractivity contribution in [3.05, 3.63) is 64.1 Å². The summed E-state index contributed by atoms with van der Waals surface area (Å²) in [5, 5.41) is 0. The smallest absolute Gasteiger partial charge is 0.338 e. The van der Waals surface area contributed by atoms with Gasteiger partial charge >= 0.3 is 5.97 Å². The number of carbonyl (C=O) groups excluding carboxylic acids is 2. The van der Waals surface area contributed by atoms with Crippen LogP contribution in [0.4, 0.5) is 0 Å². The number of halogens is 1. The maximum absolute atomic E-state index is 12.1. The minimum Gasteiger partial charge on any atom is -0.491 e. The van der Waals surface area contributed by atoms with Crippen LogP contribution >= 0.6 is 15.9 Å². The molecule has 1 saturated heterocycles. The van der Waals surface area contributed by atoms with Crippen molar-refractivity contribution in [2.24, 2.45) is 0 Å². The van der Waals surface area contributed by atoms with Crippen molar-refractivity contribution in [2.45, 2.75) is 18.9 Å². The molecule has 2 aromatic rings. The lowest BCUT2D eigenvalue weighted by Gasteiger charge is -2.11. The Morgan fingerprint density at radius 1 is 1.04 bits per heavy atom. The number of hydrogen-bond donors (Lipinski definition) is 0. The summed E-state index contributed by atoms with van der Waals surface area (Å²) in [6.07, 6.45) is 2.22. The average molecular weight is 419 g/mol. The molecule has 0 radical (unpaired) electrons. The largest absolute Gasteiger partial charge is 0.491 e. The molecule has 1 atom stereocenters. The van der Waals surface area contributed by atoms with Crippen LogP contribution in [0.2, 0.25) is 0 Å². The molecule has 0 aromatic heterocycles. The summed E-state index contributed by atoms with van der Waals surface area (Å²) < 4.78 is 17.1. The highest BCUT2D eigenvalue weighted by atomic mass is 79.9. The van der Waals surface area contributed by atoms with E-state index < -0.39 is 5.97 Å². The third kappa shape index (κ3) is 5.16. The van der Waals surface area contributed by atoms with Crippen LogP contribution in [0.3, 0.4) is 0 Å². The summed E-state index contributed by atoms with van der Waals surface area (Å²) in [7, 11) is 0. The van der Waals surface area contributed by atoms with Crippen molar-refractivity contribution in [3.8, 4) is 5.75 Å². The van der Waals surface area contributed by atoms with Gasteiger partial charge in [-0.2, -0.15) is 0 Å². The van der Waals surface area contributed by atoms with Gasteiger partial charge in [0.25, 0.3) is 0 Å². The highest BCUT2D eigenvalue weighted by Crippen LogP contribution is 2.17. The fraction of sp³-hybridized carbons (Fsp3) is 0.300. The van der Waals surface area contributed by atoms with Gasteiger partial charge in [0, 0.05) is 16.6 Å². The van der Waals surface area contributed by atoms with Crippen LogP contribution in [0.15, 0.2) is 53.0 Å². The number of benzene rings is 2. The van der Waals surface area contributed by atoms with Crippen molar-refractivity contribution in [2.75, 3.05) is 19.8 Å². The number of carbonyl (C=O) groups is 2. The van der Waals surface area contributed by atoms with Crippen molar-refractivity contribution in [1.82, 2.24) is 0 Å². The van der Waals surface area contributed by atoms with E-state index in [9.17, 15) is 9.59 Å². The highest BCUT2D eigenvalue weighted by Gasteiger charge is 2.16. The number of ether oxygens (including phenoxy) is 3. The van der Waals surface area contributed by atoms with E-state index >= 15 is 0 Å². The van der Waals surface area contributed by atoms with E-state index in [4.69, 9.17) is 14.2 Å². The third-order valence-electron chi connectivity index (χ3n) is 4.05. The molecule has 0 aliphatic carbocycles. The fourth-order valence-corrected chi connectivity index (χ4v) is 2.85. The lowest BCUT2D eigenvalue weighted by Crippen LogP contribution is -2.16. The van der Waals surface area contributed by atoms with Gasteiger partial charge in [-0.15, -0.1) is 0 Å². The van der Waals surface area contributed by atoms with E-state index in [1.165, 1.54) is 0 Å². The Labute approximate surface area is 160 Å². The Hall–Kier alpha value is -2.18. The van der Waals surface area contributed by atoms with Crippen molar-refractivity contribution >= 4 is 27.7 Å². The van der Waals surface area contributed by atoms with Gasteiger partial charge in [-0.1, -0.05) is 28.1 Å². The first kappa shape index (κ1) is 18.6. The van der Waals surface area contributed by atoms with Gasteiger partial charge < -0.3 is 14.2 Å². The Morgan fingerprint density at radius 2 is 1.73 bits per heavy atom. The van der Waals surface area contributed by atoms with E-state index in [0.29, 0.717) is 23.5 Å². The predicted octanol–water partition coefficient (Wildman–Crippen LogP) is 4.05. The maximum Gasteiger partial charge on any atom is 0.338 e. The van der Waals surface area contributed by atoms with E-state index in [1.807, 2.05) is 0 Å². The van der Waals surface area contributed by atoms with Crippen molar-refractivity contribution < 1.29 is 23.8 Å². The molecule has 1 aliphatic rings. The number of ketones is 1. The van der Waals surface area contributed by atoms with Crippen LogP contribution in [-0.2, 0) is 9.47 Å². The molecule has 0 unspecified atom stereocenters. The molecule has 0 spiro atoms. The molecule has 6 heteroatoms. The molecular weight excluding hydrogens is 400 g/mol.